The number of nitriles is 1. The summed E-state index contributed by atoms with van der Waals surface area (Å²) in [6.45, 7) is 2.05. The molecule has 15 heavy (non-hydrogen) atoms. The summed E-state index contributed by atoms with van der Waals surface area (Å²) in [6, 6.07) is 2.13. The number of unbranched alkanes of at least 4 members (excludes halogenated alkanes) is 3. The molecule has 0 unspecified atom stereocenters. The molecular weight excluding hydrogens is 182 g/mol. The molecule has 0 atom stereocenters. The van der Waals surface area contributed by atoms with Crippen molar-refractivity contribution in [2.45, 2.75) is 45.4 Å². The molecule has 0 saturated carbocycles. The second kappa shape index (κ2) is 12.7. The molecule has 0 fully saturated rings. The zero-order chi connectivity index (χ0) is 11.2. The highest BCUT2D eigenvalue weighted by Crippen LogP contribution is 1.98. The number of nitrogens with zero attached hydrogens (tertiary/aromatic N) is 1. The van der Waals surface area contributed by atoms with Gasteiger partial charge in [0.1, 0.15) is 0 Å². The minimum Gasteiger partial charge on any atom is -0.198 e. The zero-order valence-corrected chi connectivity index (χ0v) is 9.65. The van der Waals surface area contributed by atoms with Crippen LogP contribution in [0.3, 0.4) is 0 Å². The van der Waals surface area contributed by atoms with Gasteiger partial charge in [0.05, 0.1) is 6.07 Å². The fourth-order valence-corrected chi connectivity index (χ4v) is 1.17. The lowest BCUT2D eigenvalue weighted by Gasteiger charge is -1.88. The molecule has 0 spiro atoms. The highest BCUT2D eigenvalue weighted by Gasteiger charge is 1.79. The van der Waals surface area contributed by atoms with Crippen LogP contribution in [0.15, 0.2) is 36.5 Å². The summed E-state index contributed by atoms with van der Waals surface area (Å²) in [5.41, 5.74) is 0. The summed E-state index contributed by atoms with van der Waals surface area (Å²) in [5, 5.41) is 8.31. The SMILES string of the molecule is C/C=C/CC/C=C/CC/C=C/CCC#N. The molecule has 1 heteroatoms. The molecule has 0 aromatic rings. The largest absolute Gasteiger partial charge is 0.198 e. The number of rotatable bonds is 8. The topological polar surface area (TPSA) is 23.8 Å². The lowest BCUT2D eigenvalue weighted by molar-refractivity contribution is 0.988. The Hall–Kier alpha value is -1.29. The van der Waals surface area contributed by atoms with E-state index in [0.717, 1.165) is 32.1 Å². The van der Waals surface area contributed by atoms with Gasteiger partial charge in [0.25, 0.3) is 0 Å². The van der Waals surface area contributed by atoms with Crippen LogP contribution in [0.2, 0.25) is 0 Å². The highest BCUT2D eigenvalue weighted by molar-refractivity contribution is 4.90. The van der Waals surface area contributed by atoms with E-state index in [9.17, 15) is 0 Å². The Balaban J connectivity index is 3.23. The monoisotopic (exact) mass is 203 g/mol. The summed E-state index contributed by atoms with van der Waals surface area (Å²) in [4.78, 5) is 0. The molecule has 0 saturated heterocycles. The van der Waals surface area contributed by atoms with Crippen molar-refractivity contribution in [3.05, 3.63) is 36.5 Å². The van der Waals surface area contributed by atoms with Crippen molar-refractivity contribution in [3.8, 4) is 6.07 Å². The van der Waals surface area contributed by atoms with Gasteiger partial charge in [0.15, 0.2) is 0 Å². The van der Waals surface area contributed by atoms with E-state index >= 15 is 0 Å². The quantitative estimate of drug-likeness (QED) is 0.419. The fraction of sp³-hybridized carbons (Fsp3) is 0.500. The second-order valence-electron chi connectivity index (χ2n) is 3.36. The molecule has 82 valence electrons. The van der Waals surface area contributed by atoms with Crippen LogP contribution in [-0.2, 0) is 0 Å². The Labute approximate surface area is 93.8 Å². The van der Waals surface area contributed by atoms with E-state index in [-0.39, 0.29) is 0 Å². The maximum absolute atomic E-state index is 8.31. The van der Waals surface area contributed by atoms with E-state index in [4.69, 9.17) is 5.26 Å². The van der Waals surface area contributed by atoms with Crippen molar-refractivity contribution in [2.75, 3.05) is 0 Å². The maximum Gasteiger partial charge on any atom is 0.0624 e. The van der Waals surface area contributed by atoms with Crippen molar-refractivity contribution < 1.29 is 0 Å². The molecule has 0 N–H and O–H groups in total. The zero-order valence-electron chi connectivity index (χ0n) is 9.65. The van der Waals surface area contributed by atoms with Crippen molar-refractivity contribution in [1.82, 2.24) is 0 Å². The van der Waals surface area contributed by atoms with E-state index in [1.165, 1.54) is 0 Å². The van der Waals surface area contributed by atoms with E-state index in [2.05, 4.69) is 49.4 Å². The summed E-state index contributed by atoms with van der Waals surface area (Å²) >= 11 is 0. The van der Waals surface area contributed by atoms with Crippen LogP contribution in [0, 0.1) is 11.3 Å². The summed E-state index contributed by atoms with van der Waals surface area (Å²) in [6.07, 6.45) is 19.0. The number of hydrogen-bond donors (Lipinski definition) is 0. The van der Waals surface area contributed by atoms with Crippen LogP contribution in [0.5, 0.6) is 0 Å². The van der Waals surface area contributed by atoms with Crippen molar-refractivity contribution in [1.29, 1.82) is 5.26 Å². The molecule has 0 heterocycles. The van der Waals surface area contributed by atoms with Crippen LogP contribution >= 0.6 is 0 Å². The normalized spacial score (nSPS) is 11.7. The van der Waals surface area contributed by atoms with Crippen LogP contribution in [0.1, 0.15) is 45.4 Å². The van der Waals surface area contributed by atoms with Crippen molar-refractivity contribution >= 4 is 0 Å². The second-order valence-corrected chi connectivity index (χ2v) is 3.36. The van der Waals surface area contributed by atoms with Crippen LogP contribution < -0.4 is 0 Å². The van der Waals surface area contributed by atoms with E-state index in [1.54, 1.807) is 0 Å². The van der Waals surface area contributed by atoms with Gasteiger partial charge in [-0.1, -0.05) is 36.5 Å². The third kappa shape index (κ3) is 12.7. The first-order valence-electron chi connectivity index (χ1n) is 5.70. The molecule has 0 rings (SSSR count). The highest BCUT2D eigenvalue weighted by atomic mass is 14.2. The first-order valence-corrected chi connectivity index (χ1v) is 5.70. The first-order chi connectivity index (χ1) is 7.41. The molecule has 0 aliphatic carbocycles. The van der Waals surface area contributed by atoms with E-state index in [1.807, 2.05) is 0 Å². The van der Waals surface area contributed by atoms with Gasteiger partial charge in [0, 0.05) is 6.42 Å². The number of allylic oxidation sites excluding steroid dienone is 6. The van der Waals surface area contributed by atoms with Crippen molar-refractivity contribution in [2.24, 2.45) is 0 Å². The van der Waals surface area contributed by atoms with E-state index < -0.39 is 0 Å². The Bertz CT molecular complexity index is 241. The summed E-state index contributed by atoms with van der Waals surface area (Å²) in [5.74, 6) is 0. The number of hydrogen-bond acceptors (Lipinski definition) is 1. The van der Waals surface area contributed by atoms with Crippen LogP contribution in [0.25, 0.3) is 0 Å². The smallest absolute Gasteiger partial charge is 0.0624 e. The predicted molar refractivity (Wildman–Crippen MR) is 66.4 cm³/mol. The average molecular weight is 203 g/mol. The fourth-order valence-electron chi connectivity index (χ4n) is 1.17. The van der Waals surface area contributed by atoms with E-state index in [0.29, 0.717) is 6.42 Å². The minimum absolute atomic E-state index is 0.635. The van der Waals surface area contributed by atoms with Crippen molar-refractivity contribution in [3.63, 3.8) is 0 Å². The maximum atomic E-state index is 8.31. The van der Waals surface area contributed by atoms with Crippen LogP contribution in [-0.4, -0.2) is 0 Å². The lowest BCUT2D eigenvalue weighted by atomic mass is 10.2. The Kier molecular flexibility index (Phi) is 11.6. The van der Waals surface area contributed by atoms with Gasteiger partial charge in [-0.05, 0) is 39.0 Å². The molecule has 0 radical (unpaired) electrons. The van der Waals surface area contributed by atoms with Gasteiger partial charge < -0.3 is 0 Å². The Morgan fingerprint density at radius 3 is 1.73 bits per heavy atom. The Morgan fingerprint density at radius 1 is 0.800 bits per heavy atom. The Morgan fingerprint density at radius 2 is 1.27 bits per heavy atom. The molecule has 0 aliphatic heterocycles. The predicted octanol–water partition coefficient (Wildman–Crippen LogP) is 4.54. The van der Waals surface area contributed by atoms with Gasteiger partial charge in [-0.2, -0.15) is 5.26 Å². The van der Waals surface area contributed by atoms with Gasteiger partial charge in [-0.25, -0.2) is 0 Å². The molecule has 0 aromatic heterocycles. The molecule has 0 aliphatic rings. The summed E-state index contributed by atoms with van der Waals surface area (Å²) < 4.78 is 0. The van der Waals surface area contributed by atoms with Gasteiger partial charge in [-0.15, -0.1) is 0 Å². The minimum atomic E-state index is 0.635. The molecule has 0 bridgehead atoms. The average Bonchev–Trinajstić information content (AvgIpc) is 2.26. The van der Waals surface area contributed by atoms with Crippen LogP contribution in [0.4, 0.5) is 0 Å². The first kappa shape index (κ1) is 13.7. The standard InChI is InChI=1S/C14H21N/c1-2-3-4-5-6-7-8-9-10-11-12-13-14-15/h2-3,6-7,10-11H,4-5,8-9,12-13H2,1H3/b3-2+,7-6+,11-10+. The van der Waals surface area contributed by atoms with Gasteiger partial charge in [-0.3, -0.25) is 0 Å². The molecule has 1 nitrogen and oxygen atoms in total. The lowest BCUT2D eigenvalue weighted by Crippen LogP contribution is -1.68. The summed E-state index contributed by atoms with van der Waals surface area (Å²) in [7, 11) is 0. The third-order valence-electron chi connectivity index (χ3n) is 1.99. The molecule has 0 aromatic carbocycles. The molecular formula is C14H21N. The molecule has 0 amide bonds. The van der Waals surface area contributed by atoms with Gasteiger partial charge in [0.2, 0.25) is 0 Å². The third-order valence-corrected chi connectivity index (χ3v) is 1.99. The van der Waals surface area contributed by atoms with Gasteiger partial charge >= 0.3 is 0 Å².